The fourth-order valence-electron chi connectivity index (χ4n) is 4.24. The Bertz CT molecular complexity index is 1000. The maximum atomic E-state index is 13.7. The standard InChI is InChI=1S/C21H18Cl2N4O4/c1-26-17(28)21(18(29)27(2)20(26)31)15(11-3-7-13(22)8-4-11)24-19(30)25-16(21)12-5-9-14(23)10-6-12/h3-10,15-16H,1-2H3,(H2,24,25,30)/t15-,16+. The third-order valence-electron chi connectivity index (χ3n) is 5.76. The van der Waals surface area contributed by atoms with Crippen molar-refractivity contribution in [2.75, 3.05) is 14.1 Å². The van der Waals surface area contributed by atoms with Crippen LogP contribution in [0, 0.1) is 5.41 Å². The van der Waals surface area contributed by atoms with Crippen LogP contribution >= 0.6 is 23.2 Å². The van der Waals surface area contributed by atoms with Crippen molar-refractivity contribution in [2.24, 2.45) is 5.41 Å². The van der Waals surface area contributed by atoms with E-state index in [9.17, 15) is 19.2 Å². The van der Waals surface area contributed by atoms with Crippen molar-refractivity contribution >= 4 is 47.1 Å². The molecule has 2 aliphatic heterocycles. The molecule has 2 fully saturated rings. The first kappa shape index (κ1) is 21.1. The van der Waals surface area contributed by atoms with Crippen LogP contribution in [-0.4, -0.2) is 47.8 Å². The molecule has 0 saturated carbocycles. The summed E-state index contributed by atoms with van der Waals surface area (Å²) in [5.41, 5.74) is -0.875. The van der Waals surface area contributed by atoms with Crippen molar-refractivity contribution < 1.29 is 19.2 Å². The molecule has 2 aromatic carbocycles. The van der Waals surface area contributed by atoms with Crippen LogP contribution in [0.3, 0.4) is 0 Å². The first-order valence-corrected chi connectivity index (χ1v) is 10.1. The van der Waals surface area contributed by atoms with Gasteiger partial charge in [0.1, 0.15) is 0 Å². The van der Waals surface area contributed by atoms with Crippen molar-refractivity contribution in [1.82, 2.24) is 20.4 Å². The van der Waals surface area contributed by atoms with E-state index in [0.29, 0.717) is 21.2 Å². The lowest BCUT2D eigenvalue weighted by Gasteiger charge is -2.52. The molecule has 1 spiro atoms. The maximum Gasteiger partial charge on any atom is 0.332 e. The number of nitrogens with one attached hydrogen (secondary N) is 2. The molecule has 2 saturated heterocycles. The predicted octanol–water partition coefficient (Wildman–Crippen LogP) is 3.13. The summed E-state index contributed by atoms with van der Waals surface area (Å²) >= 11 is 12.0. The molecule has 8 nitrogen and oxygen atoms in total. The summed E-state index contributed by atoms with van der Waals surface area (Å²) in [6.07, 6.45) is 0. The highest BCUT2D eigenvalue weighted by atomic mass is 35.5. The Balaban J connectivity index is 1.99. The number of rotatable bonds is 2. The van der Waals surface area contributed by atoms with Gasteiger partial charge in [0.2, 0.25) is 0 Å². The van der Waals surface area contributed by atoms with Gasteiger partial charge in [-0.2, -0.15) is 0 Å². The van der Waals surface area contributed by atoms with Gasteiger partial charge < -0.3 is 10.6 Å². The third kappa shape index (κ3) is 3.14. The van der Waals surface area contributed by atoms with Crippen molar-refractivity contribution in [3.63, 3.8) is 0 Å². The number of barbiturate groups is 1. The van der Waals surface area contributed by atoms with E-state index < -0.39 is 41.4 Å². The van der Waals surface area contributed by atoms with Gasteiger partial charge in [0.25, 0.3) is 11.8 Å². The molecule has 2 aliphatic rings. The quantitative estimate of drug-likeness (QED) is 0.672. The maximum absolute atomic E-state index is 13.7. The van der Waals surface area contributed by atoms with Crippen LogP contribution in [-0.2, 0) is 9.59 Å². The molecule has 0 aliphatic carbocycles. The van der Waals surface area contributed by atoms with Gasteiger partial charge in [0.05, 0.1) is 12.1 Å². The molecule has 10 heteroatoms. The Morgan fingerprint density at radius 2 is 1.06 bits per heavy atom. The average Bonchev–Trinajstić information content (AvgIpc) is 2.76. The lowest BCUT2D eigenvalue weighted by atomic mass is 9.65. The minimum atomic E-state index is -1.87. The van der Waals surface area contributed by atoms with Gasteiger partial charge in [-0.1, -0.05) is 47.5 Å². The monoisotopic (exact) mass is 460 g/mol. The van der Waals surface area contributed by atoms with E-state index in [1.54, 1.807) is 48.5 Å². The van der Waals surface area contributed by atoms with Crippen LogP contribution < -0.4 is 10.6 Å². The number of hydrogen-bond acceptors (Lipinski definition) is 4. The minimum absolute atomic E-state index is 0.457. The summed E-state index contributed by atoms with van der Waals surface area (Å²) < 4.78 is 0. The van der Waals surface area contributed by atoms with Gasteiger partial charge in [0.15, 0.2) is 5.41 Å². The number of urea groups is 2. The van der Waals surface area contributed by atoms with Gasteiger partial charge in [0, 0.05) is 24.1 Å². The van der Waals surface area contributed by atoms with Gasteiger partial charge >= 0.3 is 12.1 Å². The summed E-state index contributed by atoms with van der Waals surface area (Å²) in [6.45, 7) is 0. The molecule has 2 aromatic rings. The fraction of sp³-hybridized carbons (Fsp3) is 0.238. The zero-order valence-electron chi connectivity index (χ0n) is 16.6. The van der Waals surface area contributed by atoms with Crippen molar-refractivity contribution in [2.45, 2.75) is 12.1 Å². The Morgan fingerprint density at radius 1 is 0.710 bits per heavy atom. The van der Waals surface area contributed by atoms with E-state index in [0.717, 1.165) is 9.80 Å². The Labute approximate surface area is 188 Å². The zero-order valence-corrected chi connectivity index (χ0v) is 18.1. The van der Waals surface area contributed by atoms with Gasteiger partial charge in [-0.25, -0.2) is 9.59 Å². The number of benzene rings is 2. The first-order chi connectivity index (χ1) is 14.7. The van der Waals surface area contributed by atoms with Crippen LogP contribution in [0.2, 0.25) is 10.0 Å². The van der Waals surface area contributed by atoms with Crippen LogP contribution in [0.5, 0.6) is 0 Å². The number of amides is 6. The van der Waals surface area contributed by atoms with Crippen LogP contribution in [0.25, 0.3) is 0 Å². The number of imide groups is 2. The zero-order chi connectivity index (χ0) is 22.5. The largest absolute Gasteiger partial charge is 0.332 e. The lowest BCUT2D eigenvalue weighted by molar-refractivity contribution is -0.163. The van der Waals surface area contributed by atoms with Crippen LogP contribution in [0.1, 0.15) is 23.2 Å². The predicted molar refractivity (Wildman–Crippen MR) is 113 cm³/mol. The number of carbonyl (C=O) groups excluding carboxylic acids is 4. The number of halogens is 2. The molecule has 0 unspecified atom stereocenters. The molecular weight excluding hydrogens is 443 g/mol. The topological polar surface area (TPSA) is 98.8 Å². The number of hydrogen-bond donors (Lipinski definition) is 2. The van der Waals surface area contributed by atoms with E-state index in [1.807, 2.05) is 0 Å². The highest BCUT2D eigenvalue weighted by Gasteiger charge is 2.67. The number of carbonyl (C=O) groups is 4. The molecule has 6 amide bonds. The van der Waals surface area contributed by atoms with E-state index in [4.69, 9.17) is 23.2 Å². The van der Waals surface area contributed by atoms with Gasteiger partial charge in [-0.05, 0) is 35.4 Å². The molecule has 0 bridgehead atoms. The summed E-state index contributed by atoms with van der Waals surface area (Å²) in [4.78, 5) is 54.3. The van der Waals surface area contributed by atoms with Crippen molar-refractivity contribution in [3.8, 4) is 0 Å². The summed E-state index contributed by atoms with van der Waals surface area (Å²) in [6, 6.07) is 9.53. The Hall–Kier alpha value is -3.10. The molecule has 31 heavy (non-hydrogen) atoms. The van der Waals surface area contributed by atoms with E-state index >= 15 is 0 Å². The van der Waals surface area contributed by atoms with E-state index in [2.05, 4.69) is 10.6 Å². The minimum Gasteiger partial charge on any atom is -0.330 e. The summed E-state index contributed by atoms with van der Waals surface area (Å²) in [7, 11) is 2.62. The molecule has 0 radical (unpaired) electrons. The van der Waals surface area contributed by atoms with Gasteiger partial charge in [-0.15, -0.1) is 0 Å². The second-order valence-corrected chi connectivity index (χ2v) is 8.34. The average molecular weight is 461 g/mol. The molecular formula is C21H18Cl2N4O4. The van der Waals surface area contributed by atoms with E-state index in [1.165, 1.54) is 14.1 Å². The molecule has 0 aromatic heterocycles. The van der Waals surface area contributed by atoms with Crippen LogP contribution in [0.15, 0.2) is 48.5 Å². The van der Waals surface area contributed by atoms with Crippen LogP contribution in [0.4, 0.5) is 9.59 Å². The van der Waals surface area contributed by atoms with E-state index in [-0.39, 0.29) is 0 Å². The first-order valence-electron chi connectivity index (χ1n) is 9.36. The number of nitrogens with zero attached hydrogens (tertiary/aromatic N) is 2. The fourth-order valence-corrected chi connectivity index (χ4v) is 4.49. The van der Waals surface area contributed by atoms with Gasteiger partial charge in [-0.3, -0.25) is 19.4 Å². The smallest absolute Gasteiger partial charge is 0.330 e. The Morgan fingerprint density at radius 3 is 1.42 bits per heavy atom. The van der Waals surface area contributed by atoms with Crippen molar-refractivity contribution in [1.29, 1.82) is 0 Å². The summed E-state index contributed by atoms with van der Waals surface area (Å²) in [5.74, 6) is -1.46. The molecule has 160 valence electrons. The SMILES string of the molecule is CN1C(=O)N(C)C(=O)C2(C1=O)[C@@H](c1ccc(Cl)cc1)NC(=O)N[C@H]2c1ccc(Cl)cc1. The highest BCUT2D eigenvalue weighted by Crippen LogP contribution is 2.51. The molecule has 2 N–H and O–H groups in total. The third-order valence-corrected chi connectivity index (χ3v) is 6.26. The second-order valence-electron chi connectivity index (χ2n) is 7.47. The summed E-state index contributed by atoms with van der Waals surface area (Å²) in [5, 5.41) is 6.34. The normalized spacial score (nSPS) is 23.1. The molecule has 4 rings (SSSR count). The molecule has 2 heterocycles. The van der Waals surface area contributed by atoms with Crippen molar-refractivity contribution in [3.05, 3.63) is 69.7 Å². The lowest BCUT2D eigenvalue weighted by Crippen LogP contribution is -2.73. The second kappa shape index (κ2) is 7.55. The Kier molecular flexibility index (Phi) is 5.15. The molecule has 2 atom stereocenters. The highest BCUT2D eigenvalue weighted by molar-refractivity contribution is 6.30.